The van der Waals surface area contributed by atoms with Crippen LogP contribution in [0.3, 0.4) is 0 Å². The number of hydrogen-bond acceptors (Lipinski definition) is 1. The van der Waals surface area contributed by atoms with Gasteiger partial charge in [0.1, 0.15) is 0 Å². The van der Waals surface area contributed by atoms with Gasteiger partial charge in [0.15, 0.2) is 0 Å². The van der Waals surface area contributed by atoms with E-state index in [1.54, 1.807) is 5.57 Å². The van der Waals surface area contributed by atoms with Crippen LogP contribution in [0.2, 0.25) is 0 Å². The molecular formula is C15H26O. The van der Waals surface area contributed by atoms with Crippen molar-refractivity contribution in [2.75, 3.05) is 6.61 Å². The third-order valence-electron chi connectivity index (χ3n) is 3.93. The van der Waals surface area contributed by atoms with E-state index in [0.29, 0.717) is 0 Å². The van der Waals surface area contributed by atoms with Gasteiger partial charge in [-0.25, -0.2) is 0 Å². The highest BCUT2D eigenvalue weighted by Crippen LogP contribution is 2.28. The second-order valence-electron chi connectivity index (χ2n) is 5.31. The summed E-state index contributed by atoms with van der Waals surface area (Å²) in [6.07, 6.45) is 16.5. The maximum absolute atomic E-state index is 5.87. The first kappa shape index (κ1) is 12.0. The highest BCUT2D eigenvalue weighted by atomic mass is 16.5. The summed E-state index contributed by atoms with van der Waals surface area (Å²) in [5.41, 5.74) is 1.66. The predicted molar refractivity (Wildman–Crippen MR) is 68.4 cm³/mol. The Morgan fingerprint density at radius 3 is 1.88 bits per heavy atom. The molecule has 0 aromatic rings. The van der Waals surface area contributed by atoms with Crippen molar-refractivity contribution in [2.24, 2.45) is 0 Å². The summed E-state index contributed by atoms with van der Waals surface area (Å²) in [4.78, 5) is 0. The van der Waals surface area contributed by atoms with Gasteiger partial charge in [-0.1, -0.05) is 38.5 Å². The minimum Gasteiger partial charge on any atom is -0.498 e. The summed E-state index contributed by atoms with van der Waals surface area (Å²) in [5.74, 6) is 1.38. The lowest BCUT2D eigenvalue weighted by Gasteiger charge is -2.22. The van der Waals surface area contributed by atoms with Crippen molar-refractivity contribution >= 4 is 0 Å². The van der Waals surface area contributed by atoms with Crippen molar-refractivity contribution in [3.05, 3.63) is 11.3 Å². The van der Waals surface area contributed by atoms with E-state index in [0.717, 1.165) is 6.61 Å². The molecule has 2 rings (SSSR count). The maximum atomic E-state index is 5.87. The fourth-order valence-corrected chi connectivity index (χ4v) is 2.92. The standard InChI is InChI=1S/C15H26O/c1-2-4-6-8-12-15-14(10-7-5-3-1)11-9-13-16-15/h1-13H2. The third kappa shape index (κ3) is 3.84. The number of allylic oxidation sites excluding steroid dienone is 2. The molecule has 0 radical (unpaired) electrons. The van der Waals surface area contributed by atoms with E-state index in [2.05, 4.69) is 0 Å². The zero-order valence-corrected chi connectivity index (χ0v) is 10.6. The van der Waals surface area contributed by atoms with E-state index in [-0.39, 0.29) is 0 Å². The summed E-state index contributed by atoms with van der Waals surface area (Å²) >= 11 is 0. The second kappa shape index (κ2) is 6.98. The first-order chi connectivity index (χ1) is 7.97. The Bertz CT molecular complexity index is 206. The third-order valence-corrected chi connectivity index (χ3v) is 3.93. The number of ether oxygens (including phenoxy) is 1. The van der Waals surface area contributed by atoms with Gasteiger partial charge in [0.05, 0.1) is 12.4 Å². The van der Waals surface area contributed by atoms with Crippen molar-refractivity contribution in [3.8, 4) is 0 Å². The Morgan fingerprint density at radius 1 is 0.562 bits per heavy atom. The zero-order valence-electron chi connectivity index (χ0n) is 10.6. The lowest BCUT2D eigenvalue weighted by molar-refractivity contribution is 0.173. The molecule has 0 fully saturated rings. The smallest absolute Gasteiger partial charge is 0.0951 e. The van der Waals surface area contributed by atoms with Crippen molar-refractivity contribution < 1.29 is 4.74 Å². The van der Waals surface area contributed by atoms with Gasteiger partial charge in [-0.3, -0.25) is 0 Å². The average Bonchev–Trinajstić information content (AvgIpc) is 2.30. The van der Waals surface area contributed by atoms with Gasteiger partial charge >= 0.3 is 0 Å². The molecule has 0 bridgehead atoms. The van der Waals surface area contributed by atoms with Crippen LogP contribution in [0.4, 0.5) is 0 Å². The Morgan fingerprint density at radius 2 is 1.12 bits per heavy atom. The van der Waals surface area contributed by atoms with Crippen LogP contribution in [0.1, 0.15) is 77.0 Å². The molecule has 1 heterocycles. The topological polar surface area (TPSA) is 9.23 Å². The summed E-state index contributed by atoms with van der Waals surface area (Å²) < 4.78 is 5.87. The van der Waals surface area contributed by atoms with E-state index in [9.17, 15) is 0 Å². The molecule has 1 aliphatic heterocycles. The Balaban J connectivity index is 1.91. The van der Waals surface area contributed by atoms with E-state index in [1.807, 2.05) is 0 Å². The second-order valence-corrected chi connectivity index (χ2v) is 5.31. The first-order valence-electron chi connectivity index (χ1n) is 7.30. The minimum atomic E-state index is 0.971. The molecule has 0 saturated heterocycles. The van der Waals surface area contributed by atoms with Crippen molar-refractivity contribution in [3.63, 3.8) is 0 Å². The SMILES string of the molecule is C1CCCCCC2=C(CCCC1)CCCO2. The molecule has 1 aliphatic carbocycles. The highest BCUT2D eigenvalue weighted by molar-refractivity contribution is 5.11. The molecule has 92 valence electrons. The van der Waals surface area contributed by atoms with Gasteiger partial charge in [-0.15, -0.1) is 0 Å². The van der Waals surface area contributed by atoms with E-state index in [1.165, 1.54) is 82.8 Å². The van der Waals surface area contributed by atoms with Crippen molar-refractivity contribution in [1.29, 1.82) is 0 Å². The van der Waals surface area contributed by atoms with E-state index >= 15 is 0 Å². The Hall–Kier alpha value is -0.460. The molecule has 0 saturated carbocycles. The maximum Gasteiger partial charge on any atom is 0.0951 e. The van der Waals surface area contributed by atoms with Crippen LogP contribution in [0.25, 0.3) is 0 Å². The molecule has 1 nitrogen and oxygen atoms in total. The fraction of sp³-hybridized carbons (Fsp3) is 0.867. The molecule has 0 amide bonds. The van der Waals surface area contributed by atoms with Crippen LogP contribution in [-0.4, -0.2) is 6.61 Å². The molecule has 0 N–H and O–H groups in total. The predicted octanol–water partition coefficient (Wildman–Crippen LogP) is 4.97. The highest BCUT2D eigenvalue weighted by Gasteiger charge is 2.13. The summed E-state index contributed by atoms with van der Waals surface area (Å²) in [5, 5.41) is 0. The van der Waals surface area contributed by atoms with Gasteiger partial charge in [0.25, 0.3) is 0 Å². The molecule has 0 spiro atoms. The molecule has 16 heavy (non-hydrogen) atoms. The van der Waals surface area contributed by atoms with Crippen LogP contribution >= 0.6 is 0 Å². The molecule has 0 atom stereocenters. The molecule has 2 aliphatic rings. The van der Waals surface area contributed by atoms with Crippen LogP contribution < -0.4 is 0 Å². The molecule has 0 unspecified atom stereocenters. The van der Waals surface area contributed by atoms with Gasteiger partial charge in [-0.2, -0.15) is 0 Å². The van der Waals surface area contributed by atoms with Gasteiger partial charge in [0, 0.05) is 6.42 Å². The first-order valence-corrected chi connectivity index (χ1v) is 7.30. The quantitative estimate of drug-likeness (QED) is 0.562. The van der Waals surface area contributed by atoms with Crippen LogP contribution in [-0.2, 0) is 4.74 Å². The minimum absolute atomic E-state index is 0.971. The Kier molecular flexibility index (Phi) is 5.24. The lowest BCUT2D eigenvalue weighted by atomic mass is 9.95. The van der Waals surface area contributed by atoms with Crippen LogP contribution in [0.5, 0.6) is 0 Å². The number of rotatable bonds is 0. The lowest BCUT2D eigenvalue weighted by Crippen LogP contribution is -2.07. The van der Waals surface area contributed by atoms with E-state index < -0.39 is 0 Å². The fourth-order valence-electron chi connectivity index (χ4n) is 2.92. The largest absolute Gasteiger partial charge is 0.498 e. The molecule has 1 heteroatoms. The van der Waals surface area contributed by atoms with Gasteiger partial charge < -0.3 is 4.74 Å². The number of hydrogen-bond donors (Lipinski definition) is 0. The molecular weight excluding hydrogens is 196 g/mol. The summed E-state index contributed by atoms with van der Waals surface area (Å²) in [6.45, 7) is 0.971. The molecule has 0 aromatic carbocycles. The van der Waals surface area contributed by atoms with Gasteiger partial charge in [-0.05, 0) is 37.7 Å². The average molecular weight is 222 g/mol. The molecule has 0 aromatic heterocycles. The van der Waals surface area contributed by atoms with Crippen molar-refractivity contribution in [1.82, 2.24) is 0 Å². The van der Waals surface area contributed by atoms with Crippen LogP contribution in [0, 0.1) is 0 Å². The zero-order chi connectivity index (χ0) is 11.1. The normalized spacial score (nSPS) is 25.0. The van der Waals surface area contributed by atoms with E-state index in [4.69, 9.17) is 4.74 Å². The summed E-state index contributed by atoms with van der Waals surface area (Å²) in [6, 6.07) is 0. The summed E-state index contributed by atoms with van der Waals surface area (Å²) in [7, 11) is 0. The van der Waals surface area contributed by atoms with Crippen molar-refractivity contribution in [2.45, 2.75) is 77.0 Å². The monoisotopic (exact) mass is 222 g/mol. The van der Waals surface area contributed by atoms with Gasteiger partial charge in [0.2, 0.25) is 0 Å². The Labute approximate surface area is 100 Å². The van der Waals surface area contributed by atoms with Crippen LogP contribution in [0.15, 0.2) is 11.3 Å².